The van der Waals surface area contributed by atoms with Gasteiger partial charge < -0.3 is 9.72 Å². The van der Waals surface area contributed by atoms with E-state index in [1.54, 1.807) is 24.3 Å². The molecule has 0 fully saturated rings. The third-order valence-corrected chi connectivity index (χ3v) is 6.93. The highest BCUT2D eigenvalue weighted by Gasteiger charge is 2.41. The highest BCUT2D eigenvalue weighted by atomic mass is 32.2. The summed E-state index contributed by atoms with van der Waals surface area (Å²) in [6.45, 7) is 1.99. The lowest BCUT2D eigenvalue weighted by Crippen LogP contribution is -2.48. The Labute approximate surface area is 157 Å². The Morgan fingerprint density at radius 2 is 1.85 bits per heavy atom. The van der Waals surface area contributed by atoms with Gasteiger partial charge in [-0.1, -0.05) is 35.9 Å². The summed E-state index contributed by atoms with van der Waals surface area (Å²) in [6, 6.07) is 13.5. The fourth-order valence-corrected chi connectivity index (χ4v) is 5.17. The molecule has 7 heteroatoms. The summed E-state index contributed by atoms with van der Waals surface area (Å²) >= 11 is 0. The number of nitrogens with one attached hydrogen (secondary N) is 1. The predicted octanol–water partition coefficient (Wildman–Crippen LogP) is 2.76. The number of H-pyrrole nitrogens is 1. The highest BCUT2D eigenvalue weighted by molar-refractivity contribution is 7.89. The highest BCUT2D eigenvalue weighted by Crippen LogP contribution is 2.33. The van der Waals surface area contributed by atoms with Crippen LogP contribution in [0.5, 0.6) is 0 Å². The molecule has 1 aliphatic heterocycles. The van der Waals surface area contributed by atoms with Crippen molar-refractivity contribution in [2.75, 3.05) is 7.11 Å². The number of carbonyl (C=O) groups excluding carboxylic acids is 1. The molecular weight excluding hydrogens is 364 g/mol. The minimum Gasteiger partial charge on any atom is -0.468 e. The number of nitrogens with zero attached hydrogens (tertiary/aromatic N) is 1. The number of aromatic nitrogens is 1. The second-order valence-corrected chi connectivity index (χ2v) is 8.62. The number of para-hydroxylation sites is 1. The van der Waals surface area contributed by atoms with Gasteiger partial charge in [0, 0.05) is 23.0 Å². The van der Waals surface area contributed by atoms with E-state index >= 15 is 0 Å². The van der Waals surface area contributed by atoms with Gasteiger partial charge in [0.05, 0.1) is 18.6 Å². The van der Waals surface area contributed by atoms with Crippen LogP contribution in [0.4, 0.5) is 0 Å². The summed E-state index contributed by atoms with van der Waals surface area (Å²) < 4.78 is 32.7. The fraction of sp³-hybridized carbons (Fsp3) is 0.250. The SMILES string of the molecule is COC(=O)[C@@H]1Cc2c([nH]c3ccccc23)CN1S(=O)(=O)c1ccc(C)cc1. The van der Waals surface area contributed by atoms with E-state index in [0.29, 0.717) is 0 Å². The summed E-state index contributed by atoms with van der Waals surface area (Å²) in [4.78, 5) is 15.9. The molecule has 0 spiro atoms. The molecule has 0 aliphatic carbocycles. The quantitative estimate of drug-likeness (QED) is 0.704. The van der Waals surface area contributed by atoms with E-state index in [9.17, 15) is 13.2 Å². The predicted molar refractivity (Wildman–Crippen MR) is 102 cm³/mol. The van der Waals surface area contributed by atoms with Gasteiger partial charge in [0.15, 0.2) is 0 Å². The van der Waals surface area contributed by atoms with Gasteiger partial charge in [-0.3, -0.25) is 4.79 Å². The Bertz CT molecular complexity index is 1120. The van der Waals surface area contributed by atoms with Crippen LogP contribution in [0.2, 0.25) is 0 Å². The number of sulfonamides is 1. The van der Waals surface area contributed by atoms with Crippen molar-refractivity contribution in [3.63, 3.8) is 0 Å². The number of aromatic amines is 1. The first-order valence-corrected chi connectivity index (χ1v) is 10.1. The van der Waals surface area contributed by atoms with Crippen molar-refractivity contribution in [1.82, 2.24) is 9.29 Å². The Kier molecular flexibility index (Phi) is 4.28. The molecule has 0 bridgehead atoms. The van der Waals surface area contributed by atoms with Crippen molar-refractivity contribution in [1.29, 1.82) is 0 Å². The Balaban J connectivity index is 1.83. The first kappa shape index (κ1) is 17.8. The number of ether oxygens (including phenoxy) is 1. The third-order valence-electron chi connectivity index (χ3n) is 5.06. The normalized spacial score (nSPS) is 17.6. The molecule has 1 aromatic heterocycles. The summed E-state index contributed by atoms with van der Waals surface area (Å²) in [5.74, 6) is -0.554. The molecule has 3 aromatic rings. The molecule has 1 N–H and O–H groups in total. The van der Waals surface area contributed by atoms with Crippen LogP contribution in [-0.4, -0.2) is 36.8 Å². The van der Waals surface area contributed by atoms with Crippen molar-refractivity contribution < 1.29 is 17.9 Å². The molecule has 27 heavy (non-hydrogen) atoms. The Hall–Kier alpha value is -2.64. The van der Waals surface area contributed by atoms with Crippen molar-refractivity contribution in [2.24, 2.45) is 0 Å². The van der Waals surface area contributed by atoms with Gasteiger partial charge in [-0.05, 0) is 30.7 Å². The van der Waals surface area contributed by atoms with E-state index in [-0.39, 0.29) is 17.9 Å². The topological polar surface area (TPSA) is 79.5 Å². The maximum atomic E-state index is 13.3. The Morgan fingerprint density at radius 1 is 1.15 bits per heavy atom. The minimum absolute atomic E-state index is 0.0972. The maximum Gasteiger partial charge on any atom is 0.324 e. The van der Waals surface area contributed by atoms with E-state index in [4.69, 9.17) is 4.74 Å². The first-order valence-electron chi connectivity index (χ1n) is 8.66. The molecule has 0 saturated heterocycles. The average molecular weight is 384 g/mol. The number of benzene rings is 2. The monoisotopic (exact) mass is 384 g/mol. The molecule has 6 nitrogen and oxygen atoms in total. The van der Waals surface area contributed by atoms with Crippen LogP contribution in [0.25, 0.3) is 10.9 Å². The van der Waals surface area contributed by atoms with Crippen LogP contribution < -0.4 is 0 Å². The second kappa shape index (κ2) is 6.51. The van der Waals surface area contributed by atoms with Crippen molar-refractivity contribution in [2.45, 2.75) is 30.8 Å². The van der Waals surface area contributed by atoms with Crippen LogP contribution in [0.1, 0.15) is 16.8 Å². The number of hydrogen-bond acceptors (Lipinski definition) is 4. The molecule has 4 rings (SSSR count). The number of rotatable bonds is 3. The summed E-state index contributed by atoms with van der Waals surface area (Å²) in [5, 5.41) is 1.01. The molecule has 140 valence electrons. The molecule has 0 saturated carbocycles. The zero-order chi connectivity index (χ0) is 19.2. The first-order chi connectivity index (χ1) is 12.9. The van der Waals surface area contributed by atoms with E-state index in [1.807, 2.05) is 31.2 Å². The summed E-state index contributed by atoms with van der Waals surface area (Å²) in [6.07, 6.45) is 0.275. The van der Waals surface area contributed by atoms with Gasteiger partial charge in [0.2, 0.25) is 10.0 Å². The van der Waals surface area contributed by atoms with Gasteiger partial charge in [-0.2, -0.15) is 4.31 Å². The van der Waals surface area contributed by atoms with Gasteiger partial charge >= 0.3 is 5.97 Å². The number of fused-ring (bicyclic) bond motifs is 3. The molecule has 2 aromatic carbocycles. The largest absolute Gasteiger partial charge is 0.468 e. The molecule has 0 amide bonds. The molecule has 2 heterocycles. The third kappa shape index (κ3) is 2.93. The van der Waals surface area contributed by atoms with Gasteiger partial charge in [-0.25, -0.2) is 8.42 Å². The fourth-order valence-electron chi connectivity index (χ4n) is 3.62. The number of hydrogen-bond donors (Lipinski definition) is 1. The zero-order valence-electron chi connectivity index (χ0n) is 15.1. The van der Waals surface area contributed by atoms with Crippen LogP contribution >= 0.6 is 0 Å². The lowest BCUT2D eigenvalue weighted by Gasteiger charge is -2.32. The maximum absolute atomic E-state index is 13.3. The van der Waals surface area contributed by atoms with E-state index in [1.165, 1.54) is 11.4 Å². The standard InChI is InChI=1S/C20H20N2O4S/c1-13-7-9-14(10-8-13)27(24,25)22-12-18-16(11-19(22)20(23)26-2)15-5-3-4-6-17(15)21-18/h3-10,19,21H,11-12H2,1-2H3/t19-/m0/s1. The lowest BCUT2D eigenvalue weighted by molar-refractivity contribution is -0.145. The number of esters is 1. The molecule has 1 atom stereocenters. The molecule has 0 unspecified atom stereocenters. The second-order valence-electron chi connectivity index (χ2n) is 6.73. The van der Waals surface area contributed by atoms with Gasteiger partial charge in [-0.15, -0.1) is 0 Å². The Morgan fingerprint density at radius 3 is 2.56 bits per heavy atom. The smallest absolute Gasteiger partial charge is 0.324 e. The molecule has 1 aliphatic rings. The zero-order valence-corrected chi connectivity index (χ0v) is 15.9. The van der Waals surface area contributed by atoms with Crippen LogP contribution in [0.15, 0.2) is 53.4 Å². The van der Waals surface area contributed by atoms with Crippen LogP contribution in [0.3, 0.4) is 0 Å². The minimum atomic E-state index is -3.85. The van der Waals surface area contributed by atoms with Crippen LogP contribution in [-0.2, 0) is 32.5 Å². The van der Waals surface area contributed by atoms with Crippen LogP contribution in [0, 0.1) is 6.92 Å². The number of carbonyl (C=O) groups is 1. The number of methoxy groups -OCH3 is 1. The lowest BCUT2D eigenvalue weighted by atomic mass is 9.98. The van der Waals surface area contributed by atoms with Gasteiger partial charge in [0.1, 0.15) is 6.04 Å². The summed E-state index contributed by atoms with van der Waals surface area (Å²) in [7, 11) is -2.57. The number of aryl methyl sites for hydroxylation is 1. The van der Waals surface area contributed by atoms with E-state index in [0.717, 1.165) is 27.7 Å². The van der Waals surface area contributed by atoms with E-state index in [2.05, 4.69) is 4.98 Å². The van der Waals surface area contributed by atoms with Gasteiger partial charge in [0.25, 0.3) is 0 Å². The average Bonchev–Trinajstić information content (AvgIpc) is 3.04. The molecular formula is C20H20N2O4S. The van der Waals surface area contributed by atoms with E-state index < -0.39 is 22.0 Å². The van der Waals surface area contributed by atoms with Crippen molar-refractivity contribution in [3.8, 4) is 0 Å². The van der Waals surface area contributed by atoms with Crippen molar-refractivity contribution in [3.05, 3.63) is 65.4 Å². The molecule has 0 radical (unpaired) electrons. The van der Waals surface area contributed by atoms with Crippen molar-refractivity contribution >= 4 is 26.9 Å². The summed E-state index contributed by atoms with van der Waals surface area (Å²) in [5.41, 5.74) is 3.68.